The highest BCUT2D eigenvalue weighted by Gasteiger charge is 2.41. The summed E-state index contributed by atoms with van der Waals surface area (Å²) in [5.41, 5.74) is 1.64. The van der Waals surface area contributed by atoms with Gasteiger partial charge in [0.15, 0.2) is 23.2 Å². The Labute approximate surface area is 185 Å². The zero-order chi connectivity index (χ0) is 21.8. The Hall–Kier alpha value is -2.17. The molecule has 0 unspecified atom stereocenters. The van der Waals surface area contributed by atoms with Crippen molar-refractivity contribution >= 4 is 32.4 Å². The molecular weight excluding hydrogens is 438 g/mol. The SMILES string of the molecule is CC1(C)Cc2cccc(OCC(=O)Nc3nc4c(s3)CN(S(=O)(=O)C3CC3)CC4)c2O1. The van der Waals surface area contributed by atoms with Gasteiger partial charge in [-0.15, -0.1) is 11.3 Å². The van der Waals surface area contributed by atoms with Crippen molar-refractivity contribution in [1.82, 2.24) is 9.29 Å². The van der Waals surface area contributed by atoms with Gasteiger partial charge in [0.25, 0.3) is 5.91 Å². The highest BCUT2D eigenvalue weighted by molar-refractivity contribution is 7.90. The Kier molecular flexibility index (Phi) is 4.98. The second-order valence-corrected chi connectivity index (χ2v) is 12.1. The van der Waals surface area contributed by atoms with Crippen LogP contribution in [0.1, 0.15) is 42.8 Å². The third kappa shape index (κ3) is 4.16. The largest absolute Gasteiger partial charge is 0.483 e. The summed E-state index contributed by atoms with van der Waals surface area (Å²) in [5.74, 6) is 0.933. The predicted molar refractivity (Wildman–Crippen MR) is 117 cm³/mol. The molecule has 3 aliphatic rings. The summed E-state index contributed by atoms with van der Waals surface area (Å²) in [6, 6.07) is 5.70. The van der Waals surface area contributed by atoms with Crippen LogP contribution >= 0.6 is 11.3 Å². The van der Waals surface area contributed by atoms with Crippen LogP contribution in [0.15, 0.2) is 18.2 Å². The van der Waals surface area contributed by atoms with Crippen LogP contribution in [0.2, 0.25) is 0 Å². The lowest BCUT2D eigenvalue weighted by Gasteiger charge is -2.25. The number of para-hydroxylation sites is 1. The quantitative estimate of drug-likeness (QED) is 0.707. The summed E-state index contributed by atoms with van der Waals surface area (Å²) in [6.07, 6.45) is 2.86. The summed E-state index contributed by atoms with van der Waals surface area (Å²) < 4.78 is 38.2. The van der Waals surface area contributed by atoms with Crippen LogP contribution in [0.5, 0.6) is 11.5 Å². The van der Waals surface area contributed by atoms with E-state index in [0.29, 0.717) is 36.1 Å². The molecule has 0 saturated heterocycles. The number of ether oxygens (including phenoxy) is 2. The molecule has 2 aromatic rings. The van der Waals surface area contributed by atoms with Crippen LogP contribution in [0, 0.1) is 0 Å². The summed E-state index contributed by atoms with van der Waals surface area (Å²) in [5, 5.41) is 3.03. The first kappa shape index (κ1) is 20.7. The van der Waals surface area contributed by atoms with Crippen molar-refractivity contribution in [3.63, 3.8) is 0 Å². The van der Waals surface area contributed by atoms with Gasteiger partial charge >= 0.3 is 0 Å². The van der Waals surface area contributed by atoms with E-state index in [1.807, 2.05) is 26.0 Å². The molecule has 1 fully saturated rings. The van der Waals surface area contributed by atoms with Crippen molar-refractivity contribution in [2.24, 2.45) is 0 Å². The van der Waals surface area contributed by atoms with Crippen molar-refractivity contribution in [3.8, 4) is 11.5 Å². The molecule has 0 spiro atoms. The van der Waals surface area contributed by atoms with Crippen molar-refractivity contribution in [2.75, 3.05) is 18.5 Å². The monoisotopic (exact) mass is 463 g/mol. The summed E-state index contributed by atoms with van der Waals surface area (Å²) >= 11 is 1.33. The van der Waals surface area contributed by atoms with Gasteiger partial charge in [0.2, 0.25) is 10.0 Å². The number of sulfonamides is 1. The second-order valence-electron chi connectivity index (χ2n) is 8.84. The Bertz CT molecular complexity index is 1140. The van der Waals surface area contributed by atoms with Gasteiger partial charge in [0.05, 0.1) is 10.9 Å². The van der Waals surface area contributed by atoms with Crippen molar-refractivity contribution in [2.45, 2.75) is 56.9 Å². The normalized spacial score (nSPS) is 19.9. The standard InChI is InChI=1S/C21H25N3O5S2/c1-21(2)10-13-4-3-5-16(19(13)29-21)28-12-18(25)23-20-22-15-8-9-24(11-17(15)30-20)31(26,27)14-6-7-14/h3-5,14H,6-12H2,1-2H3,(H,22,23,25). The maximum absolute atomic E-state index is 12.5. The molecule has 3 heterocycles. The van der Waals surface area contributed by atoms with Crippen molar-refractivity contribution in [1.29, 1.82) is 0 Å². The van der Waals surface area contributed by atoms with E-state index in [2.05, 4.69) is 10.3 Å². The molecule has 0 bridgehead atoms. The average molecular weight is 464 g/mol. The third-order valence-corrected chi connectivity index (χ3v) is 9.00. The number of rotatable bonds is 6. The van der Waals surface area contributed by atoms with Gasteiger partial charge in [0, 0.05) is 36.4 Å². The van der Waals surface area contributed by atoms with Crippen LogP contribution in [0.25, 0.3) is 0 Å². The number of carbonyl (C=O) groups is 1. The molecule has 1 N–H and O–H groups in total. The van der Waals surface area contributed by atoms with E-state index in [-0.39, 0.29) is 23.4 Å². The lowest BCUT2D eigenvalue weighted by molar-refractivity contribution is -0.118. The highest BCUT2D eigenvalue weighted by atomic mass is 32.2. The highest BCUT2D eigenvalue weighted by Crippen LogP contribution is 2.41. The summed E-state index contributed by atoms with van der Waals surface area (Å²) in [4.78, 5) is 17.8. The van der Waals surface area contributed by atoms with Crippen LogP contribution in [0.3, 0.4) is 0 Å². The first-order chi connectivity index (χ1) is 14.7. The maximum Gasteiger partial charge on any atom is 0.264 e. The van der Waals surface area contributed by atoms with E-state index in [9.17, 15) is 13.2 Å². The molecule has 1 aromatic heterocycles. The molecule has 8 nitrogen and oxygen atoms in total. The lowest BCUT2D eigenvalue weighted by atomic mass is 10.0. The minimum absolute atomic E-state index is 0.160. The van der Waals surface area contributed by atoms with Gasteiger partial charge < -0.3 is 9.47 Å². The number of carbonyl (C=O) groups excluding carboxylic acids is 1. The number of thiazole rings is 1. The number of fused-ring (bicyclic) bond motifs is 2. The molecular formula is C21H25N3O5S2. The molecule has 166 valence electrons. The second kappa shape index (κ2) is 7.46. The summed E-state index contributed by atoms with van der Waals surface area (Å²) in [6.45, 7) is 4.66. The fraction of sp³-hybridized carbons (Fsp3) is 0.524. The molecule has 0 atom stereocenters. The molecule has 2 aliphatic heterocycles. The van der Waals surface area contributed by atoms with Gasteiger partial charge in [-0.1, -0.05) is 12.1 Å². The van der Waals surface area contributed by atoms with Crippen LogP contribution in [0.4, 0.5) is 5.13 Å². The van der Waals surface area contributed by atoms with Gasteiger partial charge in [-0.2, -0.15) is 4.31 Å². The van der Waals surface area contributed by atoms with E-state index < -0.39 is 10.0 Å². The zero-order valence-corrected chi connectivity index (χ0v) is 19.1. The number of amides is 1. The van der Waals surface area contributed by atoms with Crippen LogP contribution in [-0.4, -0.2) is 47.6 Å². The van der Waals surface area contributed by atoms with E-state index >= 15 is 0 Å². The average Bonchev–Trinajstić information content (AvgIpc) is 3.41. The number of anilines is 1. The number of benzene rings is 1. The Morgan fingerprint density at radius 3 is 2.97 bits per heavy atom. The molecule has 0 radical (unpaired) electrons. The van der Waals surface area contributed by atoms with Crippen molar-refractivity contribution < 1.29 is 22.7 Å². The summed E-state index contributed by atoms with van der Waals surface area (Å²) in [7, 11) is -3.21. The third-order valence-electron chi connectivity index (χ3n) is 5.66. The fourth-order valence-corrected chi connectivity index (χ4v) is 6.95. The van der Waals surface area contributed by atoms with E-state index in [1.165, 1.54) is 11.3 Å². The smallest absolute Gasteiger partial charge is 0.264 e. The number of hydrogen-bond donors (Lipinski definition) is 1. The molecule has 1 amide bonds. The molecule has 31 heavy (non-hydrogen) atoms. The van der Waals surface area contributed by atoms with Crippen LogP contribution in [-0.2, 0) is 34.2 Å². The van der Waals surface area contributed by atoms with Crippen LogP contribution < -0.4 is 14.8 Å². The number of hydrogen-bond acceptors (Lipinski definition) is 7. The first-order valence-corrected chi connectivity index (χ1v) is 12.7. The Morgan fingerprint density at radius 2 is 2.19 bits per heavy atom. The topological polar surface area (TPSA) is 97.8 Å². The minimum atomic E-state index is -3.21. The molecule has 1 aliphatic carbocycles. The number of nitrogens with one attached hydrogen (secondary N) is 1. The zero-order valence-electron chi connectivity index (χ0n) is 17.5. The number of aromatic nitrogens is 1. The Balaban J connectivity index is 1.20. The van der Waals surface area contributed by atoms with Gasteiger partial charge in [-0.25, -0.2) is 13.4 Å². The first-order valence-electron chi connectivity index (χ1n) is 10.4. The Morgan fingerprint density at radius 1 is 1.39 bits per heavy atom. The fourth-order valence-electron chi connectivity index (χ4n) is 4.02. The van der Waals surface area contributed by atoms with Gasteiger partial charge in [0.1, 0.15) is 5.60 Å². The van der Waals surface area contributed by atoms with Crippen molar-refractivity contribution in [3.05, 3.63) is 34.3 Å². The van der Waals surface area contributed by atoms with E-state index in [4.69, 9.17) is 9.47 Å². The molecule has 5 rings (SSSR count). The lowest BCUT2D eigenvalue weighted by Crippen LogP contribution is -2.37. The molecule has 1 saturated carbocycles. The van der Waals surface area contributed by atoms with E-state index in [1.54, 1.807) is 10.4 Å². The minimum Gasteiger partial charge on any atom is -0.483 e. The molecule has 10 heteroatoms. The maximum atomic E-state index is 12.5. The molecule has 1 aromatic carbocycles. The predicted octanol–water partition coefficient (Wildman–Crippen LogP) is 2.72. The van der Waals surface area contributed by atoms with Gasteiger partial charge in [-0.3, -0.25) is 10.1 Å². The van der Waals surface area contributed by atoms with E-state index in [0.717, 1.165) is 35.4 Å². The van der Waals surface area contributed by atoms with Gasteiger partial charge in [-0.05, 0) is 32.8 Å². The number of nitrogens with zero attached hydrogens (tertiary/aromatic N) is 2.